The van der Waals surface area contributed by atoms with Gasteiger partial charge in [-0.05, 0) is 43.9 Å². The lowest BCUT2D eigenvalue weighted by Gasteiger charge is -2.27. The molecule has 5 nitrogen and oxygen atoms in total. The number of nitrogens with one attached hydrogen (secondary N) is 2. The predicted octanol–water partition coefficient (Wildman–Crippen LogP) is 3.50. The van der Waals surface area contributed by atoms with Crippen LogP contribution in [0, 0.1) is 11.8 Å². The van der Waals surface area contributed by atoms with Gasteiger partial charge >= 0.3 is 0 Å². The molecular weight excluding hydrogens is 351 g/mol. The van der Waals surface area contributed by atoms with Crippen LogP contribution in [0.25, 0.3) is 0 Å². The summed E-state index contributed by atoms with van der Waals surface area (Å²) < 4.78 is 4.91. The van der Waals surface area contributed by atoms with Crippen LogP contribution in [0.1, 0.15) is 25.7 Å². The topological polar surface area (TPSA) is 67.4 Å². The van der Waals surface area contributed by atoms with E-state index in [2.05, 4.69) is 10.6 Å². The van der Waals surface area contributed by atoms with Gasteiger partial charge in [-0.25, -0.2) is 0 Å². The fourth-order valence-corrected chi connectivity index (χ4v) is 3.32. The van der Waals surface area contributed by atoms with E-state index in [1.807, 2.05) is 0 Å². The van der Waals surface area contributed by atoms with Crippen LogP contribution >= 0.6 is 23.2 Å². The zero-order valence-corrected chi connectivity index (χ0v) is 15.1. The smallest absolute Gasteiger partial charge is 0.227 e. The van der Waals surface area contributed by atoms with Crippen molar-refractivity contribution in [1.29, 1.82) is 0 Å². The highest BCUT2D eigenvalue weighted by molar-refractivity contribution is 6.36. The largest absolute Gasteiger partial charge is 0.383 e. The van der Waals surface area contributed by atoms with Crippen molar-refractivity contribution in [1.82, 2.24) is 5.32 Å². The van der Waals surface area contributed by atoms with Gasteiger partial charge in [0.05, 0.1) is 17.3 Å². The maximum atomic E-state index is 12.4. The average molecular weight is 373 g/mol. The normalized spacial score (nSPS) is 20.5. The number of hydrogen-bond donors (Lipinski definition) is 2. The lowest BCUT2D eigenvalue weighted by atomic mass is 9.81. The Balaban J connectivity index is 1.81. The third-order valence-corrected chi connectivity index (χ3v) is 4.81. The van der Waals surface area contributed by atoms with Crippen LogP contribution in [-0.4, -0.2) is 32.1 Å². The summed E-state index contributed by atoms with van der Waals surface area (Å²) in [5.74, 6) is -0.131. The molecule has 0 spiro atoms. The molecule has 1 aliphatic carbocycles. The number of methoxy groups -OCH3 is 1. The zero-order valence-electron chi connectivity index (χ0n) is 13.6. The maximum absolute atomic E-state index is 12.4. The van der Waals surface area contributed by atoms with Crippen LogP contribution in [0.5, 0.6) is 0 Å². The number of halogens is 2. The number of benzene rings is 1. The van der Waals surface area contributed by atoms with Crippen molar-refractivity contribution in [3.63, 3.8) is 0 Å². The molecule has 0 bridgehead atoms. The van der Waals surface area contributed by atoms with Gasteiger partial charge in [0.1, 0.15) is 0 Å². The van der Waals surface area contributed by atoms with Gasteiger partial charge in [0.2, 0.25) is 11.8 Å². The Kier molecular flexibility index (Phi) is 7.34. The molecular formula is C17H22Cl2N2O3. The van der Waals surface area contributed by atoms with E-state index in [0.717, 1.165) is 0 Å². The van der Waals surface area contributed by atoms with E-state index in [1.54, 1.807) is 25.3 Å². The highest BCUT2D eigenvalue weighted by atomic mass is 35.5. The Morgan fingerprint density at radius 2 is 1.75 bits per heavy atom. The number of carbonyl (C=O) groups is 2. The summed E-state index contributed by atoms with van der Waals surface area (Å²) in [6.45, 7) is 1.02. The number of ether oxygens (including phenoxy) is 1. The molecule has 0 saturated heterocycles. The summed E-state index contributed by atoms with van der Waals surface area (Å²) in [4.78, 5) is 24.4. The number of anilines is 1. The van der Waals surface area contributed by atoms with E-state index < -0.39 is 0 Å². The van der Waals surface area contributed by atoms with Crippen molar-refractivity contribution in [2.45, 2.75) is 25.7 Å². The van der Waals surface area contributed by atoms with Gasteiger partial charge in [0, 0.05) is 30.5 Å². The van der Waals surface area contributed by atoms with E-state index in [1.165, 1.54) is 0 Å². The molecule has 1 fully saturated rings. The van der Waals surface area contributed by atoms with E-state index in [0.29, 0.717) is 54.6 Å². The quantitative estimate of drug-likeness (QED) is 0.750. The number of rotatable bonds is 6. The molecule has 24 heavy (non-hydrogen) atoms. The van der Waals surface area contributed by atoms with Crippen molar-refractivity contribution in [2.75, 3.05) is 25.6 Å². The molecule has 0 aliphatic heterocycles. The van der Waals surface area contributed by atoms with Crippen LogP contribution in [0.2, 0.25) is 10.0 Å². The van der Waals surface area contributed by atoms with Crippen molar-refractivity contribution >= 4 is 40.7 Å². The number of amides is 2. The van der Waals surface area contributed by atoms with E-state index >= 15 is 0 Å². The Labute approximate surface area is 152 Å². The monoisotopic (exact) mass is 372 g/mol. The molecule has 0 radical (unpaired) electrons. The van der Waals surface area contributed by atoms with Crippen molar-refractivity contribution in [3.05, 3.63) is 28.2 Å². The molecule has 1 aromatic rings. The molecule has 2 amide bonds. The first-order valence-corrected chi connectivity index (χ1v) is 8.79. The predicted molar refractivity (Wildman–Crippen MR) is 95.4 cm³/mol. The van der Waals surface area contributed by atoms with Crippen molar-refractivity contribution in [3.8, 4) is 0 Å². The first kappa shape index (κ1) is 19.0. The summed E-state index contributed by atoms with van der Waals surface area (Å²) in [5.41, 5.74) is 0.561. The van der Waals surface area contributed by atoms with Gasteiger partial charge in [-0.2, -0.15) is 0 Å². The molecule has 1 aromatic carbocycles. The molecule has 0 unspecified atom stereocenters. The minimum absolute atomic E-state index is 0.0231. The van der Waals surface area contributed by atoms with Crippen LogP contribution in [-0.2, 0) is 14.3 Å². The van der Waals surface area contributed by atoms with Gasteiger partial charge < -0.3 is 15.4 Å². The first-order chi connectivity index (χ1) is 11.5. The SMILES string of the molecule is COCCNC(=O)C1CCC(C(=O)Nc2ccc(Cl)cc2Cl)CC1. The molecule has 0 aromatic heterocycles. The molecule has 7 heteroatoms. The van der Waals surface area contributed by atoms with Gasteiger partial charge in [0.15, 0.2) is 0 Å². The first-order valence-electron chi connectivity index (χ1n) is 8.04. The summed E-state index contributed by atoms with van der Waals surface area (Å²) in [6, 6.07) is 4.97. The Bertz CT molecular complexity index is 587. The summed E-state index contributed by atoms with van der Waals surface area (Å²) in [6.07, 6.45) is 2.81. The van der Waals surface area contributed by atoms with E-state index in [-0.39, 0.29) is 23.7 Å². The average Bonchev–Trinajstić information content (AvgIpc) is 2.57. The van der Waals surface area contributed by atoms with E-state index in [9.17, 15) is 9.59 Å². The van der Waals surface area contributed by atoms with Gasteiger partial charge in [-0.1, -0.05) is 23.2 Å². The van der Waals surface area contributed by atoms with Gasteiger partial charge in [0.25, 0.3) is 0 Å². The molecule has 132 valence electrons. The van der Waals surface area contributed by atoms with Crippen LogP contribution < -0.4 is 10.6 Å². The fraction of sp³-hybridized carbons (Fsp3) is 0.529. The zero-order chi connectivity index (χ0) is 17.5. The molecule has 1 aliphatic rings. The van der Waals surface area contributed by atoms with Crippen LogP contribution in [0.4, 0.5) is 5.69 Å². The molecule has 1 saturated carbocycles. The molecule has 2 rings (SSSR count). The minimum atomic E-state index is -0.0974. The lowest BCUT2D eigenvalue weighted by molar-refractivity contribution is -0.128. The third kappa shape index (κ3) is 5.36. The number of hydrogen-bond acceptors (Lipinski definition) is 3. The highest BCUT2D eigenvalue weighted by Crippen LogP contribution is 2.31. The summed E-state index contributed by atoms with van der Waals surface area (Å²) in [7, 11) is 1.60. The van der Waals surface area contributed by atoms with Crippen molar-refractivity contribution < 1.29 is 14.3 Å². The fourth-order valence-electron chi connectivity index (χ4n) is 2.86. The maximum Gasteiger partial charge on any atom is 0.227 e. The number of carbonyl (C=O) groups excluding carboxylic acids is 2. The standard InChI is InChI=1S/C17H22Cl2N2O3/c1-24-9-8-20-16(22)11-2-4-12(5-3-11)17(23)21-15-7-6-13(18)10-14(15)19/h6-7,10-12H,2-5,8-9H2,1H3,(H,20,22)(H,21,23). The Morgan fingerprint density at radius 3 is 2.33 bits per heavy atom. The van der Waals surface area contributed by atoms with E-state index in [4.69, 9.17) is 27.9 Å². The second-order valence-corrected chi connectivity index (χ2v) is 6.79. The molecule has 0 heterocycles. The Morgan fingerprint density at radius 1 is 1.12 bits per heavy atom. The lowest BCUT2D eigenvalue weighted by Crippen LogP contribution is -2.36. The highest BCUT2D eigenvalue weighted by Gasteiger charge is 2.30. The minimum Gasteiger partial charge on any atom is -0.383 e. The summed E-state index contributed by atoms with van der Waals surface area (Å²) in [5, 5.41) is 6.65. The second-order valence-electron chi connectivity index (χ2n) is 5.95. The van der Waals surface area contributed by atoms with Crippen LogP contribution in [0.15, 0.2) is 18.2 Å². The van der Waals surface area contributed by atoms with Gasteiger partial charge in [-0.15, -0.1) is 0 Å². The second kappa shape index (κ2) is 9.25. The van der Waals surface area contributed by atoms with Crippen molar-refractivity contribution in [2.24, 2.45) is 11.8 Å². The molecule has 2 N–H and O–H groups in total. The van der Waals surface area contributed by atoms with Crippen LogP contribution in [0.3, 0.4) is 0 Å². The summed E-state index contributed by atoms with van der Waals surface area (Å²) >= 11 is 11.9. The molecule has 0 atom stereocenters. The van der Waals surface area contributed by atoms with Gasteiger partial charge in [-0.3, -0.25) is 9.59 Å². The Hall–Kier alpha value is -1.30. The third-order valence-electron chi connectivity index (χ3n) is 4.26.